The molecule has 1 aliphatic heterocycles. The van der Waals surface area contributed by atoms with Gasteiger partial charge < -0.3 is 14.2 Å². The summed E-state index contributed by atoms with van der Waals surface area (Å²) in [4.78, 5) is 40.6. The number of barbiturate groups is 1. The van der Waals surface area contributed by atoms with Crippen molar-refractivity contribution in [2.75, 3.05) is 13.2 Å². The molecule has 0 aliphatic carbocycles. The number of carbonyl (C=O) groups is 3. The van der Waals surface area contributed by atoms with Crippen LogP contribution in [0.15, 0.2) is 84.4 Å². The number of urea groups is 1. The molecule has 0 unspecified atom stereocenters. The number of hydrogen-bond donors (Lipinski definition) is 1. The van der Waals surface area contributed by atoms with E-state index in [0.717, 1.165) is 27.7 Å². The molecule has 4 aromatic rings. The van der Waals surface area contributed by atoms with Gasteiger partial charge in [-0.3, -0.25) is 19.8 Å². The molecule has 1 heterocycles. The average molecular weight is 599 g/mol. The molecule has 0 aromatic heterocycles. The van der Waals surface area contributed by atoms with Gasteiger partial charge in [0.1, 0.15) is 17.9 Å². The molecule has 4 aromatic carbocycles. The van der Waals surface area contributed by atoms with Gasteiger partial charge in [0.2, 0.25) is 0 Å². The fourth-order valence-electron chi connectivity index (χ4n) is 4.71. The molecule has 8 nitrogen and oxygen atoms in total. The monoisotopic (exact) mass is 598 g/mol. The Bertz CT molecular complexity index is 1700. The Morgan fingerprint density at radius 1 is 0.814 bits per heavy atom. The van der Waals surface area contributed by atoms with Crippen molar-refractivity contribution in [3.8, 4) is 17.2 Å². The van der Waals surface area contributed by atoms with Gasteiger partial charge in [-0.05, 0) is 71.7 Å². The van der Waals surface area contributed by atoms with Crippen molar-refractivity contribution in [3.05, 3.63) is 106 Å². The van der Waals surface area contributed by atoms with Gasteiger partial charge in [0.05, 0.1) is 19.8 Å². The molecule has 5 rings (SSSR count). The second-order valence-electron chi connectivity index (χ2n) is 9.88. The van der Waals surface area contributed by atoms with Crippen LogP contribution in [-0.2, 0) is 22.7 Å². The van der Waals surface area contributed by atoms with Crippen molar-refractivity contribution >= 4 is 46.3 Å². The van der Waals surface area contributed by atoms with Gasteiger partial charge >= 0.3 is 6.03 Å². The summed E-state index contributed by atoms with van der Waals surface area (Å²) in [5.74, 6) is 0.0908. The lowest BCUT2D eigenvalue weighted by molar-refractivity contribution is -0.130. The van der Waals surface area contributed by atoms with Crippen LogP contribution < -0.4 is 19.5 Å². The largest absolute Gasteiger partial charge is 0.490 e. The van der Waals surface area contributed by atoms with Gasteiger partial charge in [0, 0.05) is 10.6 Å². The van der Waals surface area contributed by atoms with Crippen molar-refractivity contribution in [1.82, 2.24) is 10.2 Å². The predicted octanol–water partition coefficient (Wildman–Crippen LogP) is 6.92. The van der Waals surface area contributed by atoms with E-state index in [9.17, 15) is 14.4 Å². The molecule has 43 heavy (non-hydrogen) atoms. The van der Waals surface area contributed by atoms with Crippen LogP contribution in [0.4, 0.5) is 4.79 Å². The third-order valence-corrected chi connectivity index (χ3v) is 7.08. The third kappa shape index (κ3) is 6.81. The van der Waals surface area contributed by atoms with Crippen LogP contribution >= 0.6 is 11.6 Å². The van der Waals surface area contributed by atoms with Crippen molar-refractivity contribution in [1.29, 1.82) is 0 Å². The predicted molar refractivity (Wildman–Crippen MR) is 165 cm³/mol. The molecule has 1 saturated heterocycles. The molecule has 9 heteroatoms. The van der Waals surface area contributed by atoms with Crippen molar-refractivity contribution in [3.63, 3.8) is 0 Å². The van der Waals surface area contributed by atoms with Crippen LogP contribution in [-0.4, -0.2) is 36.0 Å². The highest BCUT2D eigenvalue weighted by atomic mass is 35.5. The molecule has 220 valence electrons. The normalized spacial score (nSPS) is 14.3. The van der Waals surface area contributed by atoms with Gasteiger partial charge in [0.25, 0.3) is 11.8 Å². The fourth-order valence-corrected chi connectivity index (χ4v) is 4.83. The quantitative estimate of drug-likeness (QED) is 0.149. The Balaban J connectivity index is 1.47. The number of fused-ring (bicyclic) bond motifs is 1. The maximum Gasteiger partial charge on any atom is 0.331 e. The summed E-state index contributed by atoms with van der Waals surface area (Å²) in [6.07, 6.45) is 2.33. The maximum absolute atomic E-state index is 13.7. The number of carbonyl (C=O) groups excluding carboxylic acids is 3. The maximum atomic E-state index is 13.7. The third-order valence-electron chi connectivity index (χ3n) is 6.82. The van der Waals surface area contributed by atoms with Crippen LogP contribution in [0.25, 0.3) is 16.8 Å². The molecule has 1 N–H and O–H groups in total. The SMILES string of the molecule is CCCOc1ccc(CN2C(=O)NC(=O)/C(=C\c3c(OCc4ccc(Cl)cc4)ccc4ccccc34)C2=O)cc1OCC. The van der Waals surface area contributed by atoms with E-state index in [0.29, 0.717) is 46.6 Å². The first-order chi connectivity index (χ1) is 20.9. The van der Waals surface area contributed by atoms with Crippen LogP contribution in [0.2, 0.25) is 5.02 Å². The number of nitrogens with zero attached hydrogens (tertiary/aromatic N) is 1. The first-order valence-corrected chi connectivity index (χ1v) is 14.4. The van der Waals surface area contributed by atoms with Crippen LogP contribution in [0, 0.1) is 0 Å². The van der Waals surface area contributed by atoms with Gasteiger partial charge in [0.15, 0.2) is 11.5 Å². The Hall–Kier alpha value is -4.82. The van der Waals surface area contributed by atoms with E-state index < -0.39 is 17.8 Å². The van der Waals surface area contributed by atoms with Gasteiger partial charge in [-0.2, -0.15) is 0 Å². The molecule has 0 saturated carbocycles. The summed E-state index contributed by atoms with van der Waals surface area (Å²) < 4.78 is 17.7. The van der Waals surface area contributed by atoms with E-state index >= 15 is 0 Å². The van der Waals surface area contributed by atoms with E-state index in [1.54, 1.807) is 36.4 Å². The Labute approximate surface area is 254 Å². The van der Waals surface area contributed by atoms with Crippen molar-refractivity contribution in [2.24, 2.45) is 0 Å². The Morgan fingerprint density at radius 2 is 1.56 bits per heavy atom. The minimum atomic E-state index is -0.798. The van der Waals surface area contributed by atoms with E-state index in [1.807, 2.05) is 56.3 Å². The molecule has 1 aliphatic rings. The lowest BCUT2D eigenvalue weighted by Gasteiger charge is -2.27. The Kier molecular flexibility index (Phi) is 9.27. The second kappa shape index (κ2) is 13.4. The minimum absolute atomic E-state index is 0.0706. The number of hydrogen-bond acceptors (Lipinski definition) is 6. The molecule has 4 amide bonds. The number of rotatable bonds is 11. The van der Waals surface area contributed by atoms with Crippen LogP contribution in [0.5, 0.6) is 17.2 Å². The summed E-state index contributed by atoms with van der Waals surface area (Å²) in [6.45, 7) is 5.00. The summed E-state index contributed by atoms with van der Waals surface area (Å²) in [5, 5.41) is 4.62. The zero-order valence-electron chi connectivity index (χ0n) is 23.9. The topological polar surface area (TPSA) is 94.2 Å². The number of ether oxygens (including phenoxy) is 3. The minimum Gasteiger partial charge on any atom is -0.490 e. The number of halogens is 1. The van der Waals surface area contributed by atoms with E-state index in [4.69, 9.17) is 25.8 Å². The van der Waals surface area contributed by atoms with Crippen molar-refractivity contribution in [2.45, 2.75) is 33.4 Å². The fraction of sp³-hybridized carbons (Fsp3) is 0.206. The molecule has 1 fully saturated rings. The smallest absolute Gasteiger partial charge is 0.331 e. The summed E-state index contributed by atoms with van der Waals surface area (Å²) in [7, 11) is 0. The number of benzene rings is 4. The van der Waals surface area contributed by atoms with Crippen LogP contribution in [0.1, 0.15) is 37.0 Å². The van der Waals surface area contributed by atoms with Crippen LogP contribution in [0.3, 0.4) is 0 Å². The molecular weight excluding hydrogens is 568 g/mol. The van der Waals surface area contributed by atoms with E-state index in [-0.39, 0.29) is 18.7 Å². The average Bonchev–Trinajstić information content (AvgIpc) is 3.01. The van der Waals surface area contributed by atoms with Gasteiger partial charge in [-0.1, -0.05) is 67.1 Å². The molecule has 0 radical (unpaired) electrons. The second-order valence-corrected chi connectivity index (χ2v) is 10.3. The lowest BCUT2D eigenvalue weighted by atomic mass is 9.99. The van der Waals surface area contributed by atoms with Gasteiger partial charge in [-0.15, -0.1) is 0 Å². The number of imide groups is 2. The van der Waals surface area contributed by atoms with E-state index in [1.165, 1.54) is 6.08 Å². The number of nitrogens with one attached hydrogen (secondary N) is 1. The van der Waals surface area contributed by atoms with Crippen molar-refractivity contribution < 1.29 is 28.6 Å². The first-order valence-electron chi connectivity index (χ1n) is 14.0. The lowest BCUT2D eigenvalue weighted by Crippen LogP contribution is -2.53. The first kappa shape index (κ1) is 29.7. The highest BCUT2D eigenvalue weighted by Crippen LogP contribution is 2.33. The zero-order valence-corrected chi connectivity index (χ0v) is 24.6. The van der Waals surface area contributed by atoms with Gasteiger partial charge in [-0.25, -0.2) is 4.79 Å². The molecule has 0 spiro atoms. The standard InChI is InChI=1S/C34H31ClN2O6/c1-3-17-42-30-15-11-23(18-31(30)41-4-2)20-37-33(39)28(32(38)36-34(37)40)19-27-26-8-6-5-7-24(26)12-16-29(27)43-21-22-9-13-25(35)14-10-22/h5-16,18-19H,3-4,17,20-21H2,1-2H3,(H,36,38,40)/b28-19+. The Morgan fingerprint density at radius 3 is 2.33 bits per heavy atom. The number of amides is 4. The summed E-state index contributed by atoms with van der Waals surface area (Å²) in [5.41, 5.74) is 1.91. The highest BCUT2D eigenvalue weighted by molar-refractivity contribution is 6.31. The molecule has 0 bridgehead atoms. The summed E-state index contributed by atoms with van der Waals surface area (Å²) in [6, 6.07) is 23.1. The molecule has 0 atom stereocenters. The summed E-state index contributed by atoms with van der Waals surface area (Å²) >= 11 is 6.02. The highest BCUT2D eigenvalue weighted by Gasteiger charge is 2.36. The zero-order chi connectivity index (χ0) is 30.3. The van der Waals surface area contributed by atoms with E-state index in [2.05, 4.69) is 5.32 Å². The molecular formula is C34H31ClN2O6.